The predicted octanol–water partition coefficient (Wildman–Crippen LogP) is 0.453. The summed E-state index contributed by atoms with van der Waals surface area (Å²) in [5, 5.41) is 15.4. The van der Waals surface area contributed by atoms with Gasteiger partial charge in [-0.25, -0.2) is 0 Å². The molecule has 2 aliphatic heterocycles. The van der Waals surface area contributed by atoms with Crippen molar-refractivity contribution in [2.75, 3.05) is 38.1 Å². The molecule has 1 atom stereocenters. The minimum atomic E-state index is -0.0229. The van der Waals surface area contributed by atoms with Gasteiger partial charge >= 0.3 is 0 Å². The molecule has 2 saturated heterocycles. The van der Waals surface area contributed by atoms with Gasteiger partial charge in [-0.2, -0.15) is 4.68 Å². The van der Waals surface area contributed by atoms with Crippen molar-refractivity contribution in [2.45, 2.75) is 24.8 Å². The number of carbonyl (C=O) groups excluding carboxylic acids is 1. The van der Waals surface area contributed by atoms with Crippen LogP contribution in [0.5, 0.6) is 0 Å². The van der Waals surface area contributed by atoms with Crippen molar-refractivity contribution >= 4 is 11.9 Å². The number of nitrogens with zero attached hydrogens (tertiary/aromatic N) is 6. The van der Waals surface area contributed by atoms with E-state index in [1.54, 1.807) is 4.68 Å². The molecular weight excluding hydrogens is 318 g/mol. The lowest BCUT2D eigenvalue weighted by atomic mass is 9.86. The second kappa shape index (κ2) is 6.44. The zero-order chi connectivity index (χ0) is 17.3. The fourth-order valence-electron chi connectivity index (χ4n) is 3.88. The van der Waals surface area contributed by atoms with E-state index in [-0.39, 0.29) is 11.4 Å². The first-order chi connectivity index (χ1) is 12.2. The van der Waals surface area contributed by atoms with E-state index < -0.39 is 0 Å². The molecule has 25 heavy (non-hydrogen) atoms. The SMILES string of the molecule is CN1CCN(c2nnnn2-c2ccccc2)CC12CCNC(=O)CC2. The van der Waals surface area contributed by atoms with Gasteiger partial charge in [0.2, 0.25) is 11.9 Å². The van der Waals surface area contributed by atoms with Gasteiger partial charge in [-0.05, 0) is 42.4 Å². The molecule has 1 N–H and O–H groups in total. The number of likely N-dealkylation sites (N-methyl/N-ethyl adjacent to an activating group) is 1. The summed E-state index contributed by atoms with van der Waals surface area (Å²) in [6, 6.07) is 9.94. The topological polar surface area (TPSA) is 79.2 Å². The molecule has 3 heterocycles. The summed E-state index contributed by atoms with van der Waals surface area (Å²) in [7, 11) is 2.16. The quantitative estimate of drug-likeness (QED) is 0.855. The Kier molecular flexibility index (Phi) is 4.12. The van der Waals surface area contributed by atoms with Gasteiger partial charge in [-0.15, -0.1) is 0 Å². The molecule has 0 aliphatic carbocycles. The standard InChI is InChI=1S/C17H23N7O/c1-22-11-12-23(13-17(22)8-7-15(25)18-10-9-17)16-19-20-21-24(16)14-5-3-2-4-6-14/h2-6H,7-13H2,1H3,(H,18,25). The zero-order valence-electron chi connectivity index (χ0n) is 14.4. The van der Waals surface area contributed by atoms with Crippen LogP contribution in [0.4, 0.5) is 5.95 Å². The average molecular weight is 341 g/mol. The van der Waals surface area contributed by atoms with Crippen LogP contribution in [0.25, 0.3) is 5.69 Å². The number of piperazine rings is 1. The zero-order valence-corrected chi connectivity index (χ0v) is 14.4. The maximum Gasteiger partial charge on any atom is 0.250 e. The lowest BCUT2D eigenvalue weighted by Crippen LogP contribution is -2.61. The van der Waals surface area contributed by atoms with Crippen molar-refractivity contribution in [3.63, 3.8) is 0 Å². The number of aromatic nitrogens is 4. The van der Waals surface area contributed by atoms with E-state index in [9.17, 15) is 4.79 Å². The monoisotopic (exact) mass is 341 g/mol. The number of benzene rings is 1. The van der Waals surface area contributed by atoms with Crippen LogP contribution in [-0.2, 0) is 4.79 Å². The Bertz CT molecular complexity index is 746. The van der Waals surface area contributed by atoms with Crippen LogP contribution in [0.15, 0.2) is 30.3 Å². The van der Waals surface area contributed by atoms with E-state index in [0.29, 0.717) is 6.42 Å². The maximum atomic E-state index is 11.8. The number of para-hydroxylation sites is 1. The number of carbonyl (C=O) groups is 1. The molecule has 2 aliphatic rings. The van der Waals surface area contributed by atoms with Gasteiger partial charge in [0.15, 0.2) is 0 Å². The number of hydrogen-bond donors (Lipinski definition) is 1. The van der Waals surface area contributed by atoms with Crippen molar-refractivity contribution < 1.29 is 4.79 Å². The van der Waals surface area contributed by atoms with Crippen LogP contribution < -0.4 is 10.2 Å². The van der Waals surface area contributed by atoms with E-state index in [2.05, 4.69) is 37.7 Å². The van der Waals surface area contributed by atoms with Gasteiger partial charge in [0.05, 0.1) is 5.69 Å². The van der Waals surface area contributed by atoms with Gasteiger partial charge in [0.1, 0.15) is 0 Å². The third-order valence-corrected chi connectivity index (χ3v) is 5.47. The highest BCUT2D eigenvalue weighted by Crippen LogP contribution is 2.32. The molecule has 1 unspecified atom stereocenters. The summed E-state index contributed by atoms with van der Waals surface area (Å²) in [4.78, 5) is 16.4. The Morgan fingerprint density at radius 1 is 1.16 bits per heavy atom. The van der Waals surface area contributed by atoms with Gasteiger partial charge in [-0.3, -0.25) is 9.69 Å². The van der Waals surface area contributed by atoms with E-state index in [1.807, 2.05) is 30.3 Å². The number of nitrogens with one attached hydrogen (secondary N) is 1. The van der Waals surface area contributed by atoms with Gasteiger partial charge < -0.3 is 10.2 Å². The molecule has 4 rings (SSSR count). The summed E-state index contributed by atoms with van der Waals surface area (Å²) in [6.07, 6.45) is 2.37. The Morgan fingerprint density at radius 3 is 2.84 bits per heavy atom. The Labute approximate surface area is 146 Å². The first-order valence-electron chi connectivity index (χ1n) is 8.75. The third kappa shape index (κ3) is 2.97. The lowest BCUT2D eigenvalue weighted by Gasteiger charge is -2.49. The number of rotatable bonds is 2. The molecule has 0 radical (unpaired) electrons. The number of amides is 1. The first-order valence-corrected chi connectivity index (χ1v) is 8.75. The van der Waals surface area contributed by atoms with Crippen LogP contribution in [0.3, 0.4) is 0 Å². The van der Waals surface area contributed by atoms with Gasteiger partial charge in [0.25, 0.3) is 0 Å². The van der Waals surface area contributed by atoms with Crippen LogP contribution in [0.2, 0.25) is 0 Å². The molecule has 8 nitrogen and oxygen atoms in total. The lowest BCUT2D eigenvalue weighted by molar-refractivity contribution is -0.120. The smallest absolute Gasteiger partial charge is 0.250 e. The molecule has 8 heteroatoms. The largest absolute Gasteiger partial charge is 0.356 e. The Balaban J connectivity index is 1.62. The van der Waals surface area contributed by atoms with Gasteiger partial charge in [-0.1, -0.05) is 23.3 Å². The molecule has 2 aromatic rings. The highest BCUT2D eigenvalue weighted by atomic mass is 16.1. The van der Waals surface area contributed by atoms with Crippen molar-refractivity contribution in [2.24, 2.45) is 0 Å². The second-order valence-corrected chi connectivity index (χ2v) is 6.89. The summed E-state index contributed by atoms with van der Waals surface area (Å²) < 4.78 is 1.79. The van der Waals surface area contributed by atoms with Crippen LogP contribution >= 0.6 is 0 Å². The molecule has 0 saturated carbocycles. The molecule has 1 amide bonds. The molecule has 1 aromatic carbocycles. The van der Waals surface area contributed by atoms with E-state index in [4.69, 9.17) is 0 Å². The third-order valence-electron chi connectivity index (χ3n) is 5.47. The highest BCUT2D eigenvalue weighted by molar-refractivity contribution is 5.76. The van der Waals surface area contributed by atoms with Crippen LogP contribution in [-0.4, -0.2) is 69.8 Å². The number of hydrogen-bond acceptors (Lipinski definition) is 6. The number of anilines is 1. The number of tetrazole rings is 1. The Hall–Kier alpha value is -2.48. The van der Waals surface area contributed by atoms with E-state index in [0.717, 1.165) is 50.7 Å². The van der Waals surface area contributed by atoms with Crippen molar-refractivity contribution in [3.05, 3.63) is 30.3 Å². The van der Waals surface area contributed by atoms with E-state index in [1.165, 1.54) is 0 Å². The van der Waals surface area contributed by atoms with Crippen molar-refractivity contribution in [1.29, 1.82) is 0 Å². The molecule has 1 spiro atoms. The van der Waals surface area contributed by atoms with Crippen molar-refractivity contribution in [3.8, 4) is 5.69 Å². The fourth-order valence-corrected chi connectivity index (χ4v) is 3.88. The van der Waals surface area contributed by atoms with Crippen molar-refractivity contribution in [1.82, 2.24) is 30.4 Å². The maximum absolute atomic E-state index is 11.8. The average Bonchev–Trinajstić information content (AvgIpc) is 3.05. The minimum absolute atomic E-state index is 0.0229. The molecule has 0 bridgehead atoms. The van der Waals surface area contributed by atoms with Gasteiger partial charge in [0, 0.05) is 38.1 Å². The van der Waals surface area contributed by atoms with E-state index >= 15 is 0 Å². The summed E-state index contributed by atoms with van der Waals surface area (Å²) >= 11 is 0. The van der Waals surface area contributed by atoms with Crippen LogP contribution in [0, 0.1) is 0 Å². The fraction of sp³-hybridized carbons (Fsp3) is 0.529. The molecule has 2 fully saturated rings. The second-order valence-electron chi connectivity index (χ2n) is 6.89. The molecular formula is C17H23N7O. The predicted molar refractivity (Wildman–Crippen MR) is 93.6 cm³/mol. The summed E-state index contributed by atoms with van der Waals surface area (Å²) in [5.74, 6) is 0.915. The summed E-state index contributed by atoms with van der Waals surface area (Å²) in [5.41, 5.74) is 0.929. The molecule has 1 aromatic heterocycles. The van der Waals surface area contributed by atoms with Crippen LogP contribution in [0.1, 0.15) is 19.3 Å². The highest BCUT2D eigenvalue weighted by Gasteiger charge is 2.42. The summed E-state index contributed by atoms with van der Waals surface area (Å²) in [6.45, 7) is 3.34. The minimum Gasteiger partial charge on any atom is -0.356 e. The molecule has 132 valence electrons. The normalized spacial score (nSPS) is 25.0. The Morgan fingerprint density at radius 2 is 2.00 bits per heavy atom. The first kappa shape index (κ1) is 16.0.